The third-order valence-corrected chi connectivity index (χ3v) is 7.24. The predicted molar refractivity (Wildman–Crippen MR) is 177 cm³/mol. The number of rotatable bonds is 9. The summed E-state index contributed by atoms with van der Waals surface area (Å²) < 4.78 is 7.34. The maximum atomic E-state index is 9.55. The van der Waals surface area contributed by atoms with Crippen LogP contribution in [0.3, 0.4) is 0 Å². The Kier molecular flexibility index (Phi) is 14.2. The Morgan fingerprint density at radius 2 is 1.40 bits per heavy atom. The van der Waals surface area contributed by atoms with Gasteiger partial charge in [-0.1, -0.05) is 41.4 Å². The number of methoxy groups -OCH3 is 1. The van der Waals surface area contributed by atoms with Crippen molar-refractivity contribution in [3.8, 4) is 5.69 Å². The third-order valence-electron chi connectivity index (χ3n) is 6.68. The molecule has 254 valence electrons. The molecule has 3 aromatic rings. The highest BCUT2D eigenvalue weighted by atomic mass is 35.5. The first-order valence-corrected chi connectivity index (χ1v) is 14.9. The van der Waals surface area contributed by atoms with Gasteiger partial charge in [0.15, 0.2) is 5.82 Å². The van der Waals surface area contributed by atoms with E-state index in [2.05, 4.69) is 24.6 Å². The van der Waals surface area contributed by atoms with Crippen molar-refractivity contribution in [2.24, 2.45) is 4.99 Å². The van der Waals surface area contributed by atoms with Crippen molar-refractivity contribution in [2.75, 3.05) is 51.3 Å². The molecule has 4 N–H and O–H groups in total. The van der Waals surface area contributed by atoms with Crippen LogP contribution in [-0.2, 0) is 30.5 Å². The fourth-order valence-corrected chi connectivity index (χ4v) is 4.95. The molecule has 48 heavy (non-hydrogen) atoms. The van der Waals surface area contributed by atoms with Gasteiger partial charge < -0.3 is 30.1 Å². The lowest BCUT2D eigenvalue weighted by Gasteiger charge is -2.35. The van der Waals surface area contributed by atoms with Crippen LogP contribution in [0.4, 0.5) is 5.95 Å². The molecule has 2 aromatic carbocycles. The minimum absolute atomic E-state index is 0.410. The number of carboxylic acids is 4. The molecule has 2 aliphatic heterocycles. The normalized spacial score (nSPS) is 14.1. The van der Waals surface area contributed by atoms with Gasteiger partial charge in [-0.15, -0.1) is 10.2 Å². The molecule has 0 bridgehead atoms. The maximum absolute atomic E-state index is 9.55. The molecule has 1 fully saturated rings. The zero-order chi connectivity index (χ0) is 35.2. The second kappa shape index (κ2) is 18.3. The van der Waals surface area contributed by atoms with Crippen LogP contribution in [0.15, 0.2) is 71.8 Å². The zero-order valence-corrected chi connectivity index (χ0v) is 27.1. The van der Waals surface area contributed by atoms with Crippen molar-refractivity contribution < 1.29 is 44.3 Å². The highest BCUT2D eigenvalue weighted by Gasteiger charge is 2.28. The van der Waals surface area contributed by atoms with Gasteiger partial charge >= 0.3 is 23.9 Å². The van der Waals surface area contributed by atoms with E-state index in [-0.39, 0.29) is 0 Å². The van der Waals surface area contributed by atoms with E-state index in [0.717, 1.165) is 73.6 Å². The van der Waals surface area contributed by atoms with Crippen LogP contribution >= 0.6 is 23.2 Å². The van der Waals surface area contributed by atoms with E-state index in [1.165, 1.54) is 0 Å². The van der Waals surface area contributed by atoms with E-state index >= 15 is 0 Å². The summed E-state index contributed by atoms with van der Waals surface area (Å²) in [6, 6.07) is 13.6. The third kappa shape index (κ3) is 11.0. The van der Waals surface area contributed by atoms with Crippen molar-refractivity contribution in [1.29, 1.82) is 0 Å². The number of hydrogen-bond acceptors (Lipinski definition) is 10. The number of ether oxygens (including phenoxy) is 1. The molecule has 1 saturated heterocycles. The number of piperazine rings is 1. The minimum atomic E-state index is -1.26. The average molecular weight is 704 g/mol. The summed E-state index contributed by atoms with van der Waals surface area (Å²) in [5, 5.41) is 41.6. The quantitative estimate of drug-likeness (QED) is 0.237. The monoisotopic (exact) mass is 702 g/mol. The SMILES string of the molecule is COCCN1CCN(c2nnc3n2-c2ccc(Cl)cc2C(c2ccccc2Cl)=NC3)CC1.O=C(O)/C=C/C(=O)O.O=C(O)/C=C/C(=O)O. The Morgan fingerprint density at radius 3 is 1.94 bits per heavy atom. The van der Waals surface area contributed by atoms with Gasteiger partial charge in [-0.2, -0.15) is 0 Å². The highest BCUT2D eigenvalue weighted by molar-refractivity contribution is 6.36. The Balaban J connectivity index is 0.000000325. The summed E-state index contributed by atoms with van der Waals surface area (Å²) in [4.78, 5) is 47.8. The summed E-state index contributed by atoms with van der Waals surface area (Å²) in [7, 11) is 1.74. The number of carboxylic acid groups (broad SMARTS) is 4. The van der Waals surface area contributed by atoms with Crippen LogP contribution in [-0.4, -0.2) is 116 Å². The topological polar surface area (TPSA) is 208 Å². The molecule has 17 heteroatoms. The number of aliphatic carboxylic acids is 4. The second-order valence-corrected chi connectivity index (χ2v) is 10.7. The van der Waals surface area contributed by atoms with Crippen LogP contribution in [0, 0.1) is 0 Å². The van der Waals surface area contributed by atoms with E-state index in [1.54, 1.807) is 7.11 Å². The molecule has 0 amide bonds. The molecule has 0 radical (unpaired) electrons. The average Bonchev–Trinajstić information content (AvgIpc) is 3.40. The van der Waals surface area contributed by atoms with E-state index in [4.69, 9.17) is 53.4 Å². The summed E-state index contributed by atoms with van der Waals surface area (Å²) in [5.41, 5.74) is 3.57. The lowest BCUT2D eigenvalue weighted by molar-refractivity contribution is -0.134. The van der Waals surface area contributed by atoms with Crippen LogP contribution in [0.25, 0.3) is 5.69 Å². The van der Waals surface area contributed by atoms with E-state index in [9.17, 15) is 19.2 Å². The van der Waals surface area contributed by atoms with Crippen LogP contribution in [0.2, 0.25) is 10.0 Å². The summed E-state index contributed by atoms with van der Waals surface area (Å²) >= 11 is 12.9. The molecule has 0 atom stereocenters. The number of nitrogens with zero attached hydrogens (tertiary/aromatic N) is 6. The number of fused-ring (bicyclic) bond motifs is 3. The first kappa shape index (κ1) is 37.4. The van der Waals surface area contributed by atoms with Crippen LogP contribution in [0.1, 0.15) is 17.0 Å². The Labute approximate surface area is 284 Å². The lowest BCUT2D eigenvalue weighted by atomic mass is 10.0. The standard InChI is InChI=1S/C23H24Cl2N6O.2C4H4O4/c1-32-13-12-29-8-10-30(11-9-29)23-28-27-21-15-26-22(17-4-2-3-5-19(17)25)18-14-16(24)6-7-20(18)31(21)23;2*5-3(6)1-2-4(7)8/h2-7,14H,8-13,15H2,1H3;2*1-2H,(H,5,6)(H,7,8)/b;2*2-1+. The molecule has 1 aromatic heterocycles. The van der Waals surface area contributed by atoms with E-state index in [1.807, 2.05) is 42.5 Å². The Hall–Kier alpha value is -5.09. The molecule has 3 heterocycles. The van der Waals surface area contributed by atoms with Crippen molar-refractivity contribution in [3.05, 3.63) is 93.8 Å². The fourth-order valence-electron chi connectivity index (χ4n) is 4.55. The first-order chi connectivity index (χ1) is 22.9. The van der Waals surface area contributed by atoms with Crippen molar-refractivity contribution in [1.82, 2.24) is 19.7 Å². The van der Waals surface area contributed by atoms with Gasteiger partial charge in [0.2, 0.25) is 5.95 Å². The number of benzene rings is 2. The molecule has 0 saturated carbocycles. The fraction of sp³-hybridized carbons (Fsp3) is 0.258. The molecule has 2 aliphatic rings. The Morgan fingerprint density at radius 1 is 0.812 bits per heavy atom. The van der Waals surface area contributed by atoms with Gasteiger partial charge in [-0.05, 0) is 24.3 Å². The van der Waals surface area contributed by atoms with Gasteiger partial charge in [-0.3, -0.25) is 14.5 Å². The van der Waals surface area contributed by atoms with Gasteiger partial charge in [0.25, 0.3) is 0 Å². The summed E-state index contributed by atoms with van der Waals surface area (Å²) in [6.45, 7) is 5.77. The number of anilines is 1. The molecular formula is C31H32Cl2N6O9. The second-order valence-electron chi connectivity index (χ2n) is 9.90. The lowest BCUT2D eigenvalue weighted by Crippen LogP contribution is -2.48. The zero-order valence-electron chi connectivity index (χ0n) is 25.6. The number of aliphatic imine (C=N–C) groups is 1. The van der Waals surface area contributed by atoms with E-state index in [0.29, 0.717) is 40.9 Å². The summed E-state index contributed by atoms with van der Waals surface area (Å²) in [5.74, 6) is -3.39. The largest absolute Gasteiger partial charge is 0.478 e. The first-order valence-electron chi connectivity index (χ1n) is 14.2. The number of hydrogen-bond donors (Lipinski definition) is 4. The maximum Gasteiger partial charge on any atom is 0.328 e. The van der Waals surface area contributed by atoms with Crippen LogP contribution in [0.5, 0.6) is 0 Å². The van der Waals surface area contributed by atoms with Gasteiger partial charge in [0, 0.05) is 85.3 Å². The predicted octanol–water partition coefficient (Wildman–Crippen LogP) is 3.12. The number of halogens is 2. The van der Waals surface area contributed by atoms with Crippen LogP contribution < -0.4 is 4.90 Å². The molecule has 0 spiro atoms. The number of carbonyl (C=O) groups is 4. The molecule has 15 nitrogen and oxygen atoms in total. The van der Waals surface area contributed by atoms with Crippen molar-refractivity contribution >= 4 is 58.7 Å². The van der Waals surface area contributed by atoms with Gasteiger partial charge in [0.05, 0.1) is 18.0 Å². The van der Waals surface area contributed by atoms with Gasteiger partial charge in [0.1, 0.15) is 6.54 Å². The van der Waals surface area contributed by atoms with Gasteiger partial charge in [-0.25, -0.2) is 19.2 Å². The van der Waals surface area contributed by atoms with Crippen molar-refractivity contribution in [3.63, 3.8) is 0 Å². The summed E-state index contributed by atoms with van der Waals surface area (Å²) in [6.07, 6.45) is 2.23. The number of aromatic nitrogens is 3. The minimum Gasteiger partial charge on any atom is -0.478 e. The molecule has 0 unspecified atom stereocenters. The molecule has 5 rings (SSSR count). The van der Waals surface area contributed by atoms with Crippen molar-refractivity contribution in [2.45, 2.75) is 6.54 Å². The molecular weight excluding hydrogens is 671 g/mol. The highest BCUT2D eigenvalue weighted by Crippen LogP contribution is 2.32. The molecule has 0 aliphatic carbocycles. The Bertz CT molecular complexity index is 1650. The van der Waals surface area contributed by atoms with E-state index < -0.39 is 23.9 Å². The smallest absolute Gasteiger partial charge is 0.328 e.